The summed E-state index contributed by atoms with van der Waals surface area (Å²) in [7, 11) is 0. The highest BCUT2D eigenvalue weighted by molar-refractivity contribution is 5.99. The van der Waals surface area contributed by atoms with Crippen molar-refractivity contribution >= 4 is 46.3 Å². The summed E-state index contributed by atoms with van der Waals surface area (Å²) < 4.78 is 0. The molecule has 1 aromatic carbocycles. The fourth-order valence-corrected chi connectivity index (χ4v) is 6.69. The molecule has 0 unspecified atom stereocenters. The molecule has 0 radical (unpaired) electrons. The Kier molecular flexibility index (Phi) is 12.6. The van der Waals surface area contributed by atoms with Gasteiger partial charge in [0.1, 0.15) is 30.2 Å². The van der Waals surface area contributed by atoms with Crippen molar-refractivity contribution in [1.29, 1.82) is 0 Å². The number of aromatic amines is 1. The summed E-state index contributed by atoms with van der Waals surface area (Å²) in [6.07, 6.45) is 5.17. The Morgan fingerprint density at radius 2 is 1.67 bits per heavy atom. The molecular weight excluding hydrogens is 668 g/mol. The van der Waals surface area contributed by atoms with Crippen molar-refractivity contribution in [3.8, 4) is 0 Å². The molecule has 3 aromatic rings. The van der Waals surface area contributed by atoms with Gasteiger partial charge in [0.25, 0.3) is 5.91 Å². The molecule has 4 heterocycles. The third-order valence-electron chi connectivity index (χ3n) is 9.45. The molecule has 278 valence electrons. The van der Waals surface area contributed by atoms with Gasteiger partial charge in [-0.05, 0) is 62.3 Å². The summed E-state index contributed by atoms with van der Waals surface area (Å²) >= 11 is 0. The molecule has 7 N–H and O–H groups in total. The first kappa shape index (κ1) is 37.9. The van der Waals surface area contributed by atoms with E-state index in [1.54, 1.807) is 6.20 Å². The number of carbonyl (C=O) groups is 6. The van der Waals surface area contributed by atoms with E-state index in [9.17, 15) is 33.9 Å². The predicted molar refractivity (Wildman–Crippen MR) is 191 cm³/mol. The average Bonchev–Trinajstić information content (AvgIpc) is 3.72. The Balaban J connectivity index is 1.45. The van der Waals surface area contributed by atoms with Crippen molar-refractivity contribution in [3.05, 3.63) is 66.1 Å². The number of nitrogens with one attached hydrogen (secondary N) is 6. The molecule has 15 nitrogen and oxygen atoms in total. The Morgan fingerprint density at radius 3 is 2.42 bits per heavy atom. The number of nitrogens with zero attached hydrogens (tertiary/aromatic N) is 2. The zero-order chi connectivity index (χ0) is 37.4. The number of H-pyrrole nitrogens is 1. The van der Waals surface area contributed by atoms with Crippen molar-refractivity contribution in [1.82, 2.24) is 41.5 Å². The average molecular weight is 717 g/mol. The molecule has 2 fully saturated rings. The summed E-state index contributed by atoms with van der Waals surface area (Å²) in [6.45, 7) is 5.44. The molecule has 2 aliphatic rings. The van der Waals surface area contributed by atoms with Crippen LogP contribution in [0.3, 0.4) is 0 Å². The highest BCUT2D eigenvalue weighted by atomic mass is 16.3. The lowest BCUT2D eigenvalue weighted by molar-refractivity contribution is -0.142. The number of para-hydroxylation sites is 1. The Hall–Kier alpha value is -5.31. The fourth-order valence-electron chi connectivity index (χ4n) is 6.69. The number of aromatic nitrogens is 2. The number of hydrogen-bond acceptors (Lipinski definition) is 8. The van der Waals surface area contributed by atoms with Crippen LogP contribution in [0.2, 0.25) is 0 Å². The number of hydrogen-bond donors (Lipinski definition) is 7. The van der Waals surface area contributed by atoms with Gasteiger partial charge in [-0.3, -0.25) is 33.8 Å². The molecule has 0 spiro atoms. The monoisotopic (exact) mass is 716 g/mol. The number of benzene rings is 1. The second-order valence-electron chi connectivity index (χ2n) is 14.0. The van der Waals surface area contributed by atoms with E-state index in [1.807, 2.05) is 38.1 Å². The van der Waals surface area contributed by atoms with Crippen molar-refractivity contribution in [2.24, 2.45) is 5.92 Å². The van der Waals surface area contributed by atoms with Gasteiger partial charge in [0, 0.05) is 61.0 Å². The quantitative estimate of drug-likeness (QED) is 0.192. The smallest absolute Gasteiger partial charge is 0.252 e. The maximum absolute atomic E-state index is 14.1. The highest BCUT2D eigenvalue weighted by Crippen LogP contribution is 2.23. The van der Waals surface area contributed by atoms with E-state index in [-0.39, 0.29) is 44.7 Å². The summed E-state index contributed by atoms with van der Waals surface area (Å²) in [6, 6.07) is 5.27. The fraction of sp³-hybridized carbons (Fsp3) is 0.486. The second-order valence-corrected chi connectivity index (χ2v) is 14.0. The normalized spacial score (nSPS) is 25.6. The highest BCUT2D eigenvalue weighted by Gasteiger charge is 2.42. The van der Waals surface area contributed by atoms with Crippen LogP contribution >= 0.6 is 0 Å². The van der Waals surface area contributed by atoms with Gasteiger partial charge in [0.05, 0.1) is 6.10 Å². The van der Waals surface area contributed by atoms with Crippen molar-refractivity contribution < 1.29 is 33.9 Å². The number of carbonyl (C=O) groups excluding carboxylic acids is 6. The van der Waals surface area contributed by atoms with E-state index in [4.69, 9.17) is 0 Å². The van der Waals surface area contributed by atoms with Crippen LogP contribution in [0.25, 0.3) is 10.9 Å². The number of aliphatic hydroxyl groups excluding tert-OH is 1. The minimum Gasteiger partial charge on any atom is -0.391 e. The number of fused-ring (bicyclic) bond motifs is 2. The lowest BCUT2D eigenvalue weighted by Gasteiger charge is -2.30. The van der Waals surface area contributed by atoms with Gasteiger partial charge in [-0.1, -0.05) is 32.0 Å². The van der Waals surface area contributed by atoms with Gasteiger partial charge in [-0.25, -0.2) is 0 Å². The van der Waals surface area contributed by atoms with E-state index >= 15 is 0 Å². The van der Waals surface area contributed by atoms with Gasteiger partial charge in [0.15, 0.2) is 0 Å². The second kappa shape index (κ2) is 17.3. The van der Waals surface area contributed by atoms with Crippen molar-refractivity contribution in [2.45, 2.75) is 95.6 Å². The molecule has 15 heteroatoms. The first-order valence-electron chi connectivity index (χ1n) is 17.8. The predicted octanol–water partition coefficient (Wildman–Crippen LogP) is 0.686. The largest absolute Gasteiger partial charge is 0.391 e. The van der Waals surface area contributed by atoms with E-state index in [0.29, 0.717) is 18.4 Å². The minimum atomic E-state index is -1.17. The number of aliphatic hydroxyl groups is 1. The number of rotatable bonds is 6. The molecule has 2 aromatic heterocycles. The van der Waals surface area contributed by atoms with Crippen LogP contribution in [-0.4, -0.2) is 105 Å². The third kappa shape index (κ3) is 9.51. The zero-order valence-corrected chi connectivity index (χ0v) is 29.7. The van der Waals surface area contributed by atoms with Gasteiger partial charge in [0.2, 0.25) is 29.5 Å². The molecular formula is C37H48N8O7. The van der Waals surface area contributed by atoms with Crippen molar-refractivity contribution in [3.63, 3.8) is 0 Å². The van der Waals surface area contributed by atoms with Crippen molar-refractivity contribution in [2.75, 3.05) is 13.1 Å². The summed E-state index contributed by atoms with van der Waals surface area (Å²) in [5.74, 6) is -3.32. The molecule has 0 aliphatic carbocycles. The Labute approximate surface area is 302 Å². The first-order chi connectivity index (χ1) is 24.9. The molecule has 52 heavy (non-hydrogen) atoms. The molecule has 6 amide bonds. The molecule has 0 bridgehead atoms. The van der Waals surface area contributed by atoms with E-state index in [2.05, 4.69) is 36.6 Å². The van der Waals surface area contributed by atoms with E-state index < -0.39 is 71.8 Å². The van der Waals surface area contributed by atoms with Gasteiger partial charge >= 0.3 is 0 Å². The summed E-state index contributed by atoms with van der Waals surface area (Å²) in [5, 5.41) is 25.3. The van der Waals surface area contributed by atoms with E-state index in [0.717, 1.165) is 16.5 Å². The van der Waals surface area contributed by atoms with Crippen LogP contribution in [-0.2, 0) is 30.4 Å². The van der Waals surface area contributed by atoms with Gasteiger partial charge in [-0.15, -0.1) is 0 Å². The molecule has 2 saturated heterocycles. The number of pyridine rings is 1. The first-order valence-corrected chi connectivity index (χ1v) is 17.8. The summed E-state index contributed by atoms with van der Waals surface area (Å²) in [5.41, 5.74) is 1.89. The van der Waals surface area contributed by atoms with Crippen LogP contribution in [0, 0.1) is 5.92 Å². The zero-order valence-electron chi connectivity index (χ0n) is 29.7. The summed E-state index contributed by atoms with van der Waals surface area (Å²) in [4.78, 5) is 90.3. The Morgan fingerprint density at radius 1 is 0.942 bits per heavy atom. The van der Waals surface area contributed by atoms with Gasteiger partial charge in [-0.2, -0.15) is 0 Å². The number of amides is 6. The van der Waals surface area contributed by atoms with Crippen LogP contribution in [0.1, 0.15) is 68.8 Å². The van der Waals surface area contributed by atoms with Crippen LogP contribution in [0.4, 0.5) is 0 Å². The Bertz CT molecular complexity index is 1760. The van der Waals surface area contributed by atoms with Crippen LogP contribution in [0.15, 0.2) is 55.0 Å². The topological polar surface area (TPSA) is 215 Å². The lowest BCUT2D eigenvalue weighted by Crippen LogP contribution is -2.59. The maximum Gasteiger partial charge on any atom is 0.252 e. The molecule has 5 rings (SSSR count). The molecule has 6 atom stereocenters. The molecule has 2 aliphatic heterocycles. The molecule has 0 saturated carbocycles. The standard InChI is InChI=1S/C37H48N8O7/c1-21(2)16-30-37(52)45-20-25(46)18-31(45)36(51)39-13-7-6-10-28(42-33(48)23-11-14-38-15-12-23)34(49)41-22(3)32(47)43-29(35(50)44-30)17-24-19-40-27-9-5-4-8-26(24)27/h4-5,8-9,11-12,14-15,19,21-22,25,28-31,40,46H,6-7,10,13,16-18,20H2,1-3H3,(H,39,51)(H,41,49)(H,42,48)(H,43,47)(H,44,50)/t22-,25-,28+,29+,30-,31+/m1/s1. The van der Waals surface area contributed by atoms with Gasteiger partial charge < -0.3 is 41.6 Å². The van der Waals surface area contributed by atoms with Crippen LogP contribution < -0.4 is 26.6 Å². The minimum absolute atomic E-state index is 0.0282. The van der Waals surface area contributed by atoms with E-state index in [1.165, 1.54) is 36.4 Å². The SMILES string of the molecule is CC(C)C[C@H]1NC(=O)[C@H](Cc2c[nH]c3ccccc23)NC(=O)[C@@H](C)NC(=O)[C@@H](NC(=O)c2ccncc2)CCCCNC(=O)[C@@H]2C[C@@H](O)CN2C1=O. The third-order valence-corrected chi connectivity index (χ3v) is 9.45. The maximum atomic E-state index is 14.1. The van der Waals surface area contributed by atoms with Crippen LogP contribution in [0.5, 0.6) is 0 Å². The lowest BCUT2D eigenvalue weighted by atomic mass is 10.00.